The van der Waals surface area contributed by atoms with Gasteiger partial charge in [-0.1, -0.05) is 18.2 Å². The Balaban J connectivity index is 1.65. The predicted octanol–water partition coefficient (Wildman–Crippen LogP) is 3.42. The molecule has 2 bridgehead atoms. The van der Waals surface area contributed by atoms with Crippen molar-refractivity contribution in [2.24, 2.45) is 5.92 Å². The number of benzene rings is 1. The van der Waals surface area contributed by atoms with Crippen LogP contribution < -0.4 is 0 Å². The van der Waals surface area contributed by atoms with Gasteiger partial charge in [0.1, 0.15) is 11.7 Å². The maximum atomic E-state index is 10.3. The normalized spacial score (nSPS) is 40.5. The summed E-state index contributed by atoms with van der Waals surface area (Å²) in [6.07, 6.45) is 2.49. The highest BCUT2D eigenvalue weighted by molar-refractivity contribution is 7.99. The number of hydrogen-bond donors (Lipinski definition) is 1. The molecular weight excluding hydrogens is 272 g/mol. The maximum absolute atomic E-state index is 10.3. The van der Waals surface area contributed by atoms with E-state index in [2.05, 4.69) is 31.2 Å². The van der Waals surface area contributed by atoms with Crippen LogP contribution in [0.4, 0.5) is 0 Å². The molecule has 1 saturated carbocycles. The second kappa shape index (κ2) is 5.34. The zero-order chi connectivity index (χ0) is 14.2. The molecule has 0 unspecified atom stereocenters. The molecule has 110 valence electrons. The maximum Gasteiger partial charge on any atom is 0.122 e. The standard InChI is InChI=1S/C16H22O3S/c1-15(17)9-8-12-10-14(15)18-19-16(12,2)11-20-13-6-4-3-5-7-13/h3-7,12,14,17H,8-11H2,1-2H3/t12-,14-,15-,16-/m1/s1. The summed E-state index contributed by atoms with van der Waals surface area (Å²) in [4.78, 5) is 12.5. The molecule has 3 nitrogen and oxygen atoms in total. The van der Waals surface area contributed by atoms with Crippen molar-refractivity contribution in [2.45, 2.75) is 55.3 Å². The fourth-order valence-corrected chi connectivity index (χ4v) is 4.16. The number of hydrogen-bond acceptors (Lipinski definition) is 4. The van der Waals surface area contributed by atoms with Crippen LogP contribution in [0.1, 0.15) is 33.1 Å². The number of fused-ring (bicyclic) bond motifs is 2. The quantitative estimate of drug-likeness (QED) is 0.685. The van der Waals surface area contributed by atoms with Crippen molar-refractivity contribution in [3.05, 3.63) is 30.3 Å². The molecule has 0 spiro atoms. The van der Waals surface area contributed by atoms with Gasteiger partial charge in [0.15, 0.2) is 0 Å². The van der Waals surface area contributed by atoms with Gasteiger partial charge in [-0.05, 0) is 51.2 Å². The third-order valence-corrected chi connectivity index (χ3v) is 6.00. The van der Waals surface area contributed by atoms with Gasteiger partial charge in [0.05, 0.1) is 5.60 Å². The van der Waals surface area contributed by atoms with Crippen molar-refractivity contribution in [1.29, 1.82) is 0 Å². The highest BCUT2D eigenvalue weighted by atomic mass is 32.2. The van der Waals surface area contributed by atoms with Crippen molar-refractivity contribution < 1.29 is 14.9 Å². The van der Waals surface area contributed by atoms with E-state index in [1.165, 1.54) is 4.90 Å². The zero-order valence-corrected chi connectivity index (χ0v) is 12.9. The van der Waals surface area contributed by atoms with Gasteiger partial charge in [-0.25, -0.2) is 9.78 Å². The Morgan fingerprint density at radius 2 is 2.05 bits per heavy atom. The molecule has 1 aromatic rings. The predicted molar refractivity (Wildman–Crippen MR) is 79.5 cm³/mol. The lowest BCUT2D eigenvalue weighted by Crippen LogP contribution is -2.57. The first-order valence-electron chi connectivity index (χ1n) is 7.24. The molecule has 1 aliphatic heterocycles. The second-order valence-electron chi connectivity index (χ2n) is 6.41. The monoisotopic (exact) mass is 294 g/mol. The van der Waals surface area contributed by atoms with E-state index in [4.69, 9.17) is 9.78 Å². The minimum Gasteiger partial charge on any atom is -0.387 e. The summed E-state index contributed by atoms with van der Waals surface area (Å²) in [5, 5.41) is 10.3. The lowest BCUT2D eigenvalue weighted by Gasteiger charge is -2.50. The van der Waals surface area contributed by atoms with Crippen LogP contribution in [0.2, 0.25) is 0 Å². The fraction of sp³-hybridized carbons (Fsp3) is 0.625. The Morgan fingerprint density at radius 3 is 2.80 bits per heavy atom. The lowest BCUT2D eigenvalue weighted by molar-refractivity contribution is -0.441. The third kappa shape index (κ3) is 2.75. The molecule has 1 aliphatic carbocycles. The molecule has 1 N–H and O–H groups in total. The number of rotatable bonds is 3. The summed E-state index contributed by atoms with van der Waals surface area (Å²) >= 11 is 1.80. The van der Waals surface area contributed by atoms with Crippen molar-refractivity contribution in [2.75, 3.05) is 5.75 Å². The Bertz CT molecular complexity index is 462. The first-order chi connectivity index (χ1) is 9.50. The number of aliphatic hydroxyl groups is 1. The van der Waals surface area contributed by atoms with Gasteiger partial charge in [0, 0.05) is 10.6 Å². The van der Waals surface area contributed by atoms with Crippen LogP contribution in [0.5, 0.6) is 0 Å². The molecule has 20 heavy (non-hydrogen) atoms. The lowest BCUT2D eigenvalue weighted by atomic mass is 9.71. The van der Waals surface area contributed by atoms with Gasteiger partial charge in [-0.15, -0.1) is 11.8 Å². The zero-order valence-electron chi connectivity index (χ0n) is 12.0. The fourth-order valence-electron chi connectivity index (χ4n) is 3.08. The van der Waals surface area contributed by atoms with Gasteiger partial charge < -0.3 is 5.11 Å². The molecule has 0 aromatic heterocycles. The van der Waals surface area contributed by atoms with Gasteiger partial charge >= 0.3 is 0 Å². The second-order valence-corrected chi connectivity index (χ2v) is 7.46. The Kier molecular flexibility index (Phi) is 3.84. The molecule has 3 rings (SSSR count). The molecule has 2 aliphatic rings. The molecular formula is C16H22O3S. The molecule has 2 fully saturated rings. The van der Waals surface area contributed by atoms with Crippen LogP contribution in [0.3, 0.4) is 0 Å². The highest BCUT2D eigenvalue weighted by Crippen LogP contribution is 2.46. The smallest absolute Gasteiger partial charge is 0.122 e. The summed E-state index contributed by atoms with van der Waals surface area (Å²) in [7, 11) is 0. The van der Waals surface area contributed by atoms with E-state index in [9.17, 15) is 5.11 Å². The van der Waals surface area contributed by atoms with Gasteiger partial charge in [-0.3, -0.25) is 0 Å². The summed E-state index contributed by atoms with van der Waals surface area (Å²) in [5.41, 5.74) is -1.02. The summed E-state index contributed by atoms with van der Waals surface area (Å²) < 4.78 is 0. The first kappa shape index (κ1) is 14.4. The van der Waals surface area contributed by atoms with Crippen LogP contribution in [0.15, 0.2) is 35.2 Å². The third-order valence-electron chi connectivity index (χ3n) is 4.68. The Morgan fingerprint density at radius 1 is 1.30 bits per heavy atom. The van der Waals surface area contributed by atoms with Crippen LogP contribution >= 0.6 is 11.8 Å². The Labute approximate surface area is 124 Å². The van der Waals surface area contributed by atoms with E-state index in [0.717, 1.165) is 25.0 Å². The summed E-state index contributed by atoms with van der Waals surface area (Å²) in [6.45, 7) is 3.97. The van der Waals surface area contributed by atoms with E-state index in [1.807, 2.05) is 13.0 Å². The van der Waals surface area contributed by atoms with E-state index in [1.54, 1.807) is 11.8 Å². The van der Waals surface area contributed by atoms with Crippen LogP contribution in [-0.4, -0.2) is 28.2 Å². The molecule has 1 aromatic carbocycles. The van der Waals surface area contributed by atoms with E-state index in [-0.39, 0.29) is 11.7 Å². The largest absolute Gasteiger partial charge is 0.387 e. The van der Waals surface area contributed by atoms with Crippen molar-refractivity contribution in [3.8, 4) is 0 Å². The average molecular weight is 294 g/mol. The van der Waals surface area contributed by atoms with E-state index in [0.29, 0.717) is 5.92 Å². The van der Waals surface area contributed by atoms with Crippen molar-refractivity contribution in [1.82, 2.24) is 0 Å². The molecule has 1 saturated heterocycles. The number of thioether (sulfide) groups is 1. The van der Waals surface area contributed by atoms with Crippen LogP contribution in [0.25, 0.3) is 0 Å². The van der Waals surface area contributed by atoms with Gasteiger partial charge in [-0.2, -0.15) is 0 Å². The minimum absolute atomic E-state index is 0.184. The van der Waals surface area contributed by atoms with Crippen LogP contribution in [-0.2, 0) is 9.78 Å². The van der Waals surface area contributed by atoms with E-state index >= 15 is 0 Å². The molecule has 1 heterocycles. The van der Waals surface area contributed by atoms with Gasteiger partial charge in [0.2, 0.25) is 0 Å². The minimum atomic E-state index is -0.746. The Hall–Kier alpha value is -0.550. The topological polar surface area (TPSA) is 38.7 Å². The summed E-state index contributed by atoms with van der Waals surface area (Å²) in [6, 6.07) is 10.4. The first-order valence-corrected chi connectivity index (χ1v) is 8.23. The highest BCUT2D eigenvalue weighted by Gasteiger charge is 2.51. The molecule has 0 radical (unpaired) electrons. The SMILES string of the molecule is C[C@]1(CSc2ccccc2)OO[C@@H]2C[C@H]1CC[C@@]2(C)O. The van der Waals surface area contributed by atoms with E-state index < -0.39 is 5.60 Å². The summed E-state index contributed by atoms with van der Waals surface area (Å²) in [5.74, 6) is 1.33. The van der Waals surface area contributed by atoms with Crippen LogP contribution in [0, 0.1) is 5.92 Å². The molecule has 0 amide bonds. The average Bonchev–Trinajstić information content (AvgIpc) is 2.45. The molecule has 4 atom stereocenters. The van der Waals surface area contributed by atoms with Crippen molar-refractivity contribution in [3.63, 3.8) is 0 Å². The molecule has 4 heteroatoms. The van der Waals surface area contributed by atoms with Crippen molar-refractivity contribution >= 4 is 11.8 Å². The van der Waals surface area contributed by atoms with Gasteiger partial charge in [0.25, 0.3) is 0 Å².